The highest BCUT2D eigenvalue weighted by Gasteiger charge is 2.39. The van der Waals surface area contributed by atoms with Gasteiger partial charge in [0.05, 0.1) is 6.54 Å². The molecule has 1 saturated carbocycles. The third-order valence-corrected chi connectivity index (χ3v) is 6.65. The lowest BCUT2D eigenvalue weighted by atomic mass is 9.86. The van der Waals surface area contributed by atoms with Crippen LogP contribution in [0.5, 0.6) is 0 Å². The van der Waals surface area contributed by atoms with Crippen molar-refractivity contribution in [3.05, 3.63) is 54.1 Å². The summed E-state index contributed by atoms with van der Waals surface area (Å²) in [7, 11) is 0. The molecule has 2 aliphatic carbocycles. The van der Waals surface area contributed by atoms with Gasteiger partial charge in [-0.05, 0) is 31.4 Å². The van der Waals surface area contributed by atoms with E-state index >= 15 is 0 Å². The molecule has 1 amide bonds. The number of fused-ring (bicyclic) bond motifs is 1. The smallest absolute Gasteiger partial charge is 0.221 e. The Morgan fingerprint density at radius 3 is 2.80 bits per heavy atom. The molecule has 0 bridgehead atoms. The number of aliphatic imine (C=N–C) groups is 1. The summed E-state index contributed by atoms with van der Waals surface area (Å²) in [6.07, 6.45) is 16.6. The molecule has 1 aromatic carbocycles. The van der Waals surface area contributed by atoms with E-state index in [2.05, 4.69) is 15.2 Å². The number of carbonyl (C=O) groups is 2. The largest absolute Gasteiger partial charge is 0.351 e. The fourth-order valence-corrected chi connectivity index (χ4v) is 4.78. The molecule has 1 fully saturated rings. The Kier molecular flexibility index (Phi) is 6.16. The minimum Gasteiger partial charge on any atom is -0.351 e. The lowest BCUT2D eigenvalue weighted by molar-refractivity contribution is -0.122. The van der Waals surface area contributed by atoms with E-state index in [0.29, 0.717) is 18.9 Å². The Morgan fingerprint density at radius 2 is 2.00 bits per heavy atom. The van der Waals surface area contributed by atoms with Crippen LogP contribution < -0.4 is 10.2 Å². The molecule has 5 heteroatoms. The van der Waals surface area contributed by atoms with E-state index in [9.17, 15) is 9.59 Å². The van der Waals surface area contributed by atoms with Gasteiger partial charge in [0, 0.05) is 23.9 Å². The summed E-state index contributed by atoms with van der Waals surface area (Å²) in [5.74, 6) is 0.756. The average Bonchev–Trinajstić information content (AvgIpc) is 2.95. The zero-order valence-electron chi connectivity index (χ0n) is 17.7. The van der Waals surface area contributed by atoms with Crippen LogP contribution in [0.15, 0.2) is 53.6 Å². The van der Waals surface area contributed by atoms with Gasteiger partial charge in [-0.25, -0.2) is 0 Å². The van der Waals surface area contributed by atoms with Gasteiger partial charge in [0.2, 0.25) is 5.91 Å². The normalized spacial score (nSPS) is 26.4. The second-order valence-electron chi connectivity index (χ2n) is 8.80. The number of benzodiazepines with no additional fused rings is 1. The fraction of sp³-hybridized carbons (Fsp3) is 0.480. The van der Waals surface area contributed by atoms with Crippen molar-refractivity contribution in [1.82, 2.24) is 5.32 Å². The molecule has 2 unspecified atom stereocenters. The highest BCUT2D eigenvalue weighted by molar-refractivity contribution is 6.04. The van der Waals surface area contributed by atoms with Gasteiger partial charge in [0.25, 0.3) is 0 Å². The minimum atomic E-state index is -0.802. The van der Waals surface area contributed by atoms with Crippen molar-refractivity contribution >= 4 is 23.6 Å². The molecule has 1 aliphatic heterocycles. The van der Waals surface area contributed by atoms with E-state index in [0.717, 1.165) is 17.7 Å². The highest BCUT2D eigenvalue weighted by Crippen LogP contribution is 2.32. The maximum atomic E-state index is 12.8. The average molecular weight is 406 g/mol. The van der Waals surface area contributed by atoms with Crippen LogP contribution in [0.1, 0.15) is 57.4 Å². The number of para-hydroxylation sites is 1. The van der Waals surface area contributed by atoms with Crippen LogP contribution >= 0.6 is 0 Å². The highest BCUT2D eigenvalue weighted by atomic mass is 16.2. The van der Waals surface area contributed by atoms with E-state index in [1.165, 1.54) is 32.1 Å². The Labute approximate surface area is 178 Å². The SMILES string of the molecule is CC1(N2CC(NC(=O)CCC3CCCCC3)N=Cc3ccccc32)C=CC=CC1=O. The van der Waals surface area contributed by atoms with Crippen molar-refractivity contribution < 1.29 is 9.59 Å². The molecule has 1 heterocycles. The van der Waals surface area contributed by atoms with E-state index in [4.69, 9.17) is 0 Å². The maximum Gasteiger partial charge on any atom is 0.221 e. The van der Waals surface area contributed by atoms with Crippen LogP contribution in [0.4, 0.5) is 5.69 Å². The standard InChI is InChI=1S/C25H31N3O2/c1-25(16-8-7-13-22(25)29)28-18-23(26-17-20-11-5-6-12-21(20)28)27-24(30)15-14-19-9-3-2-4-10-19/h5-8,11-13,16-17,19,23H,2-4,9-10,14-15,18H2,1H3,(H,27,30). The second-order valence-corrected chi connectivity index (χ2v) is 8.80. The summed E-state index contributed by atoms with van der Waals surface area (Å²) in [6, 6.07) is 7.94. The number of ketones is 1. The predicted molar refractivity (Wildman–Crippen MR) is 121 cm³/mol. The number of amides is 1. The molecule has 0 saturated heterocycles. The third kappa shape index (κ3) is 4.40. The monoisotopic (exact) mass is 405 g/mol. The van der Waals surface area contributed by atoms with Crippen LogP contribution in [0.2, 0.25) is 0 Å². The summed E-state index contributed by atoms with van der Waals surface area (Å²) >= 11 is 0. The summed E-state index contributed by atoms with van der Waals surface area (Å²) in [4.78, 5) is 32.2. The van der Waals surface area contributed by atoms with Crippen LogP contribution in [0, 0.1) is 5.92 Å². The Morgan fingerprint density at radius 1 is 1.20 bits per heavy atom. The number of carbonyl (C=O) groups excluding carboxylic acids is 2. The number of rotatable bonds is 5. The van der Waals surface area contributed by atoms with Gasteiger partial charge in [-0.2, -0.15) is 0 Å². The molecule has 3 aliphatic rings. The number of nitrogens with zero attached hydrogens (tertiary/aromatic N) is 2. The number of benzene rings is 1. The first-order chi connectivity index (χ1) is 14.6. The fourth-order valence-electron chi connectivity index (χ4n) is 4.78. The molecule has 0 spiro atoms. The van der Waals surface area contributed by atoms with Gasteiger partial charge >= 0.3 is 0 Å². The van der Waals surface area contributed by atoms with Crippen LogP contribution in [0.3, 0.4) is 0 Å². The first kappa shape index (κ1) is 20.6. The number of hydrogen-bond donors (Lipinski definition) is 1. The van der Waals surface area contributed by atoms with Crippen molar-refractivity contribution in [2.24, 2.45) is 10.9 Å². The van der Waals surface area contributed by atoms with Crippen molar-refractivity contribution in [2.45, 2.75) is 63.6 Å². The summed E-state index contributed by atoms with van der Waals surface area (Å²) in [5, 5.41) is 3.10. The number of allylic oxidation sites excluding steroid dienone is 2. The van der Waals surface area contributed by atoms with E-state index in [-0.39, 0.29) is 17.9 Å². The van der Waals surface area contributed by atoms with Crippen LogP contribution in [0.25, 0.3) is 0 Å². The van der Waals surface area contributed by atoms with Crippen molar-refractivity contribution in [2.75, 3.05) is 11.4 Å². The van der Waals surface area contributed by atoms with E-state index < -0.39 is 5.54 Å². The summed E-state index contributed by atoms with van der Waals surface area (Å²) in [6.45, 7) is 2.38. The number of nitrogens with one attached hydrogen (secondary N) is 1. The minimum absolute atomic E-state index is 0.0316. The van der Waals surface area contributed by atoms with E-state index in [1.54, 1.807) is 12.2 Å². The molecule has 5 nitrogen and oxygen atoms in total. The molecule has 4 rings (SSSR count). The van der Waals surface area contributed by atoms with Crippen LogP contribution in [-0.4, -0.2) is 36.2 Å². The van der Waals surface area contributed by atoms with Gasteiger partial charge < -0.3 is 10.2 Å². The third-order valence-electron chi connectivity index (χ3n) is 6.65. The van der Waals surface area contributed by atoms with Gasteiger partial charge in [-0.15, -0.1) is 0 Å². The zero-order chi connectivity index (χ0) is 21.0. The summed E-state index contributed by atoms with van der Waals surface area (Å²) < 4.78 is 0. The molecular formula is C25H31N3O2. The molecule has 0 aromatic heterocycles. The quantitative estimate of drug-likeness (QED) is 0.799. The van der Waals surface area contributed by atoms with Crippen molar-refractivity contribution in [1.29, 1.82) is 0 Å². The molecule has 158 valence electrons. The lowest BCUT2D eigenvalue weighted by Gasteiger charge is -2.41. The number of anilines is 1. The van der Waals surface area contributed by atoms with Crippen molar-refractivity contribution in [3.63, 3.8) is 0 Å². The van der Waals surface area contributed by atoms with Gasteiger partial charge in [-0.3, -0.25) is 14.6 Å². The van der Waals surface area contributed by atoms with E-state index in [1.807, 2.05) is 49.6 Å². The lowest BCUT2D eigenvalue weighted by Crippen LogP contribution is -2.55. The molecule has 1 aromatic rings. The van der Waals surface area contributed by atoms with Crippen LogP contribution in [-0.2, 0) is 9.59 Å². The molecule has 30 heavy (non-hydrogen) atoms. The first-order valence-corrected chi connectivity index (χ1v) is 11.2. The molecule has 2 atom stereocenters. The summed E-state index contributed by atoms with van der Waals surface area (Å²) in [5.41, 5.74) is 1.10. The van der Waals surface area contributed by atoms with Gasteiger partial charge in [0.1, 0.15) is 11.7 Å². The Hall–Kier alpha value is -2.69. The second kappa shape index (κ2) is 8.99. The van der Waals surface area contributed by atoms with Crippen molar-refractivity contribution in [3.8, 4) is 0 Å². The van der Waals surface area contributed by atoms with Gasteiger partial charge in [0.15, 0.2) is 5.78 Å². The Balaban J connectivity index is 1.49. The maximum absolute atomic E-state index is 12.8. The molecule has 0 radical (unpaired) electrons. The first-order valence-electron chi connectivity index (χ1n) is 11.2. The molecular weight excluding hydrogens is 374 g/mol. The number of hydrogen-bond acceptors (Lipinski definition) is 4. The predicted octanol–water partition coefficient (Wildman–Crippen LogP) is 4.18. The zero-order valence-corrected chi connectivity index (χ0v) is 17.7. The Bertz CT molecular complexity index is 882. The topological polar surface area (TPSA) is 61.8 Å². The van der Waals surface area contributed by atoms with Gasteiger partial charge in [-0.1, -0.05) is 68.5 Å². The molecule has 1 N–H and O–H groups in total.